The van der Waals surface area contributed by atoms with Gasteiger partial charge >= 0.3 is 5.97 Å². The molecule has 0 radical (unpaired) electrons. The fourth-order valence-corrected chi connectivity index (χ4v) is 7.09. The Morgan fingerprint density at radius 3 is 2.52 bits per heavy atom. The van der Waals surface area contributed by atoms with E-state index in [4.69, 9.17) is 16.2 Å². The van der Waals surface area contributed by atoms with E-state index in [9.17, 15) is 9.90 Å². The molecule has 9 heteroatoms. The number of azo groups is 1. The third-order valence-corrected chi connectivity index (χ3v) is 8.88. The Morgan fingerprint density at radius 2 is 1.80 bits per heavy atom. The number of hydrogen-bond acceptors (Lipinski definition) is 8. The van der Waals surface area contributed by atoms with Crippen LogP contribution in [-0.4, -0.2) is 22.2 Å². The molecule has 3 aliphatic rings. The van der Waals surface area contributed by atoms with Crippen LogP contribution in [0.1, 0.15) is 63.0 Å². The van der Waals surface area contributed by atoms with E-state index in [1.807, 2.05) is 42.5 Å². The molecule has 3 aromatic rings. The molecule has 8 nitrogen and oxygen atoms in total. The number of ether oxygens (including phenoxy) is 1. The number of hydrogen-bond donors (Lipinski definition) is 3. The van der Waals surface area contributed by atoms with Gasteiger partial charge < -0.3 is 21.3 Å². The van der Waals surface area contributed by atoms with Gasteiger partial charge in [0.1, 0.15) is 23.4 Å². The number of aryl methyl sites for hydroxylation is 1. The summed E-state index contributed by atoms with van der Waals surface area (Å²) in [7, 11) is 0. The Balaban J connectivity index is 0.000000192. The minimum Gasteiger partial charge on any atom is -0.508 e. The number of nitrogens with two attached hydrogens (primary N) is 2. The van der Waals surface area contributed by atoms with Gasteiger partial charge in [-0.25, -0.2) is 4.98 Å². The van der Waals surface area contributed by atoms with Gasteiger partial charge in [-0.1, -0.05) is 31.2 Å². The number of rotatable bonds is 3. The number of nitrogen functional groups attached to an aromatic ring is 2. The summed E-state index contributed by atoms with van der Waals surface area (Å²) in [6, 6.07) is 18.6. The molecule has 1 aromatic heterocycles. The number of phenols is 1. The van der Waals surface area contributed by atoms with Crippen LogP contribution in [0.4, 0.5) is 23.0 Å². The lowest BCUT2D eigenvalue weighted by atomic mass is 9.55. The molecule has 2 aromatic carbocycles. The first-order valence-corrected chi connectivity index (χ1v) is 13.7. The second-order valence-electron chi connectivity index (χ2n) is 11.2. The van der Waals surface area contributed by atoms with Crippen LogP contribution in [0.5, 0.6) is 5.75 Å². The van der Waals surface area contributed by atoms with Gasteiger partial charge in [0.25, 0.3) is 0 Å². The molecule has 5 N–H and O–H groups in total. The molecule has 5 atom stereocenters. The zero-order valence-electron chi connectivity index (χ0n) is 23.0. The number of pyridine rings is 1. The summed E-state index contributed by atoms with van der Waals surface area (Å²) in [4.78, 5) is 15.3. The zero-order valence-corrected chi connectivity index (χ0v) is 23.8. The maximum Gasteiger partial charge on any atom is 0.302 e. The first kappa shape index (κ1) is 29.3. The van der Waals surface area contributed by atoms with Crippen LogP contribution in [0.15, 0.2) is 70.9 Å². The van der Waals surface area contributed by atoms with Crippen LogP contribution < -0.4 is 11.5 Å². The van der Waals surface area contributed by atoms with E-state index < -0.39 is 0 Å². The van der Waals surface area contributed by atoms with Crippen LogP contribution in [0.2, 0.25) is 0 Å². The van der Waals surface area contributed by atoms with Crippen molar-refractivity contribution in [2.45, 2.75) is 64.4 Å². The first-order chi connectivity index (χ1) is 18.7. The lowest BCUT2D eigenvalue weighted by molar-refractivity contribution is -0.154. The largest absolute Gasteiger partial charge is 0.508 e. The molecule has 212 valence electrons. The van der Waals surface area contributed by atoms with Gasteiger partial charge in [0.2, 0.25) is 0 Å². The van der Waals surface area contributed by atoms with Gasteiger partial charge in [0.05, 0.1) is 5.69 Å². The van der Waals surface area contributed by atoms with Gasteiger partial charge in [0, 0.05) is 12.3 Å². The summed E-state index contributed by atoms with van der Waals surface area (Å²) in [6.07, 6.45) is 6.89. The molecule has 0 aliphatic heterocycles. The normalized spacial score (nSPS) is 26.4. The van der Waals surface area contributed by atoms with Gasteiger partial charge in [-0.2, -0.15) is 5.11 Å². The number of anilines is 2. The predicted molar refractivity (Wildman–Crippen MR) is 159 cm³/mol. The fourth-order valence-electron chi connectivity index (χ4n) is 7.09. The number of benzene rings is 2. The van der Waals surface area contributed by atoms with Gasteiger partial charge in [0.15, 0.2) is 5.82 Å². The Bertz CT molecular complexity index is 1370. The lowest BCUT2D eigenvalue weighted by Gasteiger charge is -2.50. The Morgan fingerprint density at radius 1 is 1.02 bits per heavy atom. The van der Waals surface area contributed by atoms with E-state index in [1.165, 1.54) is 37.3 Å². The van der Waals surface area contributed by atoms with Gasteiger partial charge in [-0.15, -0.1) is 17.5 Å². The van der Waals surface area contributed by atoms with Crippen molar-refractivity contribution >= 4 is 41.4 Å². The fraction of sp³-hybridized carbons (Fsp3) is 0.419. The highest BCUT2D eigenvalue weighted by Gasteiger charge is 2.56. The second-order valence-corrected chi connectivity index (χ2v) is 11.2. The number of esters is 1. The van der Waals surface area contributed by atoms with Crippen molar-refractivity contribution in [1.82, 2.24) is 4.98 Å². The third-order valence-electron chi connectivity index (χ3n) is 8.88. The molecule has 2 saturated carbocycles. The Labute approximate surface area is 241 Å². The highest BCUT2D eigenvalue weighted by atomic mass is 35.5. The minimum absolute atomic E-state index is 0. The Hall–Kier alpha value is -3.65. The van der Waals surface area contributed by atoms with Crippen molar-refractivity contribution in [2.24, 2.45) is 27.5 Å². The number of aromatic hydroxyl groups is 1. The lowest BCUT2D eigenvalue weighted by Crippen LogP contribution is -2.45. The summed E-state index contributed by atoms with van der Waals surface area (Å²) in [6.45, 7) is 3.88. The zero-order chi connectivity index (χ0) is 27.6. The van der Waals surface area contributed by atoms with Crippen molar-refractivity contribution in [3.8, 4) is 5.75 Å². The molecule has 3 aliphatic carbocycles. The van der Waals surface area contributed by atoms with Gasteiger partial charge in [-0.3, -0.25) is 4.79 Å². The number of carbonyl (C=O) groups is 1. The maximum atomic E-state index is 11.4. The number of carbonyl (C=O) groups excluding carboxylic acids is 1. The Kier molecular flexibility index (Phi) is 8.98. The summed E-state index contributed by atoms with van der Waals surface area (Å²) >= 11 is 0. The topological polar surface area (TPSA) is 136 Å². The minimum atomic E-state index is -0.136. The molecule has 5 unspecified atom stereocenters. The molecular formula is C31H38ClN5O3. The van der Waals surface area contributed by atoms with Crippen LogP contribution >= 0.6 is 12.4 Å². The summed E-state index contributed by atoms with van der Waals surface area (Å²) in [5.74, 6) is 2.88. The van der Waals surface area contributed by atoms with Crippen molar-refractivity contribution < 1.29 is 14.6 Å². The SMILES string of the molecule is CC(=O)OC1CCC2C3CCc4cc(O)ccc4C3CCC12C.Cl.Nc1ccc(N=Nc2ccccc2)c(N)n1. The van der Waals surface area contributed by atoms with Gasteiger partial charge in [-0.05, 0) is 104 Å². The molecule has 0 bridgehead atoms. The van der Waals surface area contributed by atoms with Crippen molar-refractivity contribution in [2.75, 3.05) is 11.5 Å². The third kappa shape index (κ3) is 6.07. The van der Waals surface area contributed by atoms with E-state index in [0.29, 0.717) is 35.0 Å². The molecule has 40 heavy (non-hydrogen) atoms. The maximum absolute atomic E-state index is 11.4. The monoisotopic (exact) mass is 563 g/mol. The molecule has 1 heterocycles. The number of phenolic OH excluding ortho intramolecular Hbond substituents is 1. The standard InChI is InChI=1S/C20H26O3.C11H11N5.ClH/c1-12(21)23-19-8-7-18-17-5-3-13-11-14(22)4-6-15(13)16(17)9-10-20(18,19)2;12-10-7-6-9(11(13)14-10)16-15-8-4-2-1-3-5-8;/h4,6,11,16-19,22H,3,5,7-10H2,1-2H3;1-7H,(H4,12,13,14);1H. The average Bonchev–Trinajstić information content (AvgIpc) is 3.24. The number of aromatic nitrogens is 1. The number of fused-ring (bicyclic) bond motifs is 5. The van der Waals surface area contributed by atoms with Crippen molar-refractivity contribution in [3.05, 3.63) is 71.8 Å². The molecule has 6 rings (SSSR count). The quantitative estimate of drug-likeness (QED) is 0.226. The summed E-state index contributed by atoms with van der Waals surface area (Å²) in [5, 5.41) is 17.8. The molecular weight excluding hydrogens is 526 g/mol. The van der Waals surface area contributed by atoms with E-state index in [0.717, 1.165) is 24.9 Å². The molecule has 0 amide bonds. The van der Waals surface area contributed by atoms with Crippen molar-refractivity contribution in [1.29, 1.82) is 0 Å². The van der Waals surface area contributed by atoms with E-state index in [-0.39, 0.29) is 35.7 Å². The van der Waals surface area contributed by atoms with Crippen LogP contribution in [0, 0.1) is 17.3 Å². The van der Waals surface area contributed by atoms with E-state index in [1.54, 1.807) is 12.1 Å². The summed E-state index contributed by atoms with van der Waals surface area (Å²) < 4.78 is 5.68. The first-order valence-electron chi connectivity index (χ1n) is 13.7. The summed E-state index contributed by atoms with van der Waals surface area (Å²) in [5.41, 5.74) is 15.3. The molecule has 0 saturated heterocycles. The predicted octanol–water partition coefficient (Wildman–Crippen LogP) is 7.26. The number of nitrogens with zero attached hydrogens (tertiary/aromatic N) is 3. The number of halogens is 1. The highest BCUT2D eigenvalue weighted by molar-refractivity contribution is 5.85. The smallest absolute Gasteiger partial charge is 0.302 e. The highest BCUT2D eigenvalue weighted by Crippen LogP contribution is 2.61. The van der Waals surface area contributed by atoms with Crippen LogP contribution in [0.3, 0.4) is 0 Å². The van der Waals surface area contributed by atoms with Crippen LogP contribution in [-0.2, 0) is 16.0 Å². The second kappa shape index (κ2) is 12.3. The van der Waals surface area contributed by atoms with E-state index in [2.05, 4.69) is 28.2 Å². The van der Waals surface area contributed by atoms with E-state index >= 15 is 0 Å². The van der Waals surface area contributed by atoms with Crippen molar-refractivity contribution in [3.63, 3.8) is 0 Å². The molecule has 0 spiro atoms. The van der Waals surface area contributed by atoms with Crippen LogP contribution in [0.25, 0.3) is 0 Å². The average molecular weight is 564 g/mol. The molecule has 2 fully saturated rings.